The van der Waals surface area contributed by atoms with Gasteiger partial charge in [-0.15, -0.1) is 11.3 Å². The maximum atomic E-state index is 12.9. The predicted molar refractivity (Wildman–Crippen MR) is 79.1 cm³/mol. The molecule has 1 aromatic carbocycles. The van der Waals surface area contributed by atoms with Crippen molar-refractivity contribution in [1.82, 2.24) is 10.3 Å². The number of nitrogens with one attached hydrogen (secondary N) is 1. The molecule has 0 radical (unpaired) electrons. The van der Waals surface area contributed by atoms with Crippen molar-refractivity contribution >= 4 is 34.5 Å². The van der Waals surface area contributed by atoms with Gasteiger partial charge in [0.15, 0.2) is 5.69 Å². The van der Waals surface area contributed by atoms with Crippen LogP contribution >= 0.6 is 34.5 Å². The molecule has 0 fully saturated rings. The number of hydrogen-bond donors (Lipinski definition) is 1. The second kappa shape index (κ2) is 6.52. The van der Waals surface area contributed by atoms with Gasteiger partial charge < -0.3 is 5.32 Å². The predicted octanol–water partition coefficient (Wildman–Crippen LogP) is 4.78. The fraction of sp³-hybridized carbons (Fsp3) is 0.308. The second-order valence-electron chi connectivity index (χ2n) is 4.28. The first-order valence-corrected chi connectivity index (χ1v) is 7.53. The highest BCUT2D eigenvalue weighted by Crippen LogP contribution is 2.36. The van der Waals surface area contributed by atoms with Gasteiger partial charge in [-0.25, -0.2) is 4.98 Å². The topological polar surface area (TPSA) is 24.9 Å². The normalized spacial score (nSPS) is 11.9. The summed E-state index contributed by atoms with van der Waals surface area (Å²) in [6.07, 6.45) is -4.29. The number of alkyl halides is 3. The minimum atomic E-state index is -4.47. The fourth-order valence-corrected chi connectivity index (χ4v) is 3.47. The molecule has 8 heteroatoms. The Bertz CT molecular complexity index is 621. The molecule has 0 aliphatic heterocycles. The van der Waals surface area contributed by atoms with E-state index in [2.05, 4.69) is 10.3 Å². The summed E-state index contributed by atoms with van der Waals surface area (Å²) < 4.78 is 38.8. The highest BCUT2D eigenvalue weighted by molar-refractivity contribution is 7.11. The second-order valence-corrected chi connectivity index (χ2v) is 6.27. The number of benzene rings is 1. The molecule has 2 aromatic rings. The van der Waals surface area contributed by atoms with Crippen LogP contribution in [0.4, 0.5) is 13.2 Å². The smallest absolute Gasteiger partial charge is 0.315 e. The summed E-state index contributed by atoms with van der Waals surface area (Å²) in [4.78, 5) is 3.87. The van der Waals surface area contributed by atoms with E-state index in [4.69, 9.17) is 23.2 Å². The molecule has 1 aromatic heterocycles. The maximum Gasteiger partial charge on any atom is 0.434 e. The average molecular weight is 355 g/mol. The van der Waals surface area contributed by atoms with E-state index in [1.165, 1.54) is 0 Å². The van der Waals surface area contributed by atoms with E-state index in [-0.39, 0.29) is 17.8 Å². The van der Waals surface area contributed by atoms with Crippen molar-refractivity contribution < 1.29 is 13.2 Å². The van der Waals surface area contributed by atoms with Crippen molar-refractivity contribution in [3.05, 3.63) is 49.4 Å². The van der Waals surface area contributed by atoms with Gasteiger partial charge in [0.25, 0.3) is 0 Å². The van der Waals surface area contributed by atoms with Gasteiger partial charge in [0.2, 0.25) is 0 Å². The van der Waals surface area contributed by atoms with Gasteiger partial charge in [0, 0.05) is 23.0 Å². The van der Waals surface area contributed by atoms with Crippen LogP contribution < -0.4 is 5.32 Å². The lowest BCUT2D eigenvalue weighted by atomic mass is 10.1. The lowest BCUT2D eigenvalue weighted by Gasteiger charge is -2.05. The first-order valence-electron chi connectivity index (χ1n) is 5.96. The molecule has 0 aliphatic rings. The van der Waals surface area contributed by atoms with Gasteiger partial charge in [-0.1, -0.05) is 29.3 Å². The van der Waals surface area contributed by atoms with Gasteiger partial charge in [-0.3, -0.25) is 0 Å². The molecule has 0 amide bonds. The van der Waals surface area contributed by atoms with Crippen LogP contribution in [0.3, 0.4) is 0 Å². The third kappa shape index (κ3) is 3.88. The highest BCUT2D eigenvalue weighted by Gasteiger charge is 2.37. The van der Waals surface area contributed by atoms with E-state index in [0.29, 0.717) is 20.6 Å². The molecule has 1 N–H and O–H groups in total. The maximum absolute atomic E-state index is 12.9. The molecule has 2 nitrogen and oxygen atoms in total. The van der Waals surface area contributed by atoms with Gasteiger partial charge in [0.05, 0.1) is 9.88 Å². The number of hydrogen-bond acceptors (Lipinski definition) is 3. The van der Waals surface area contributed by atoms with Crippen molar-refractivity contribution in [3.63, 3.8) is 0 Å². The van der Waals surface area contributed by atoms with Crippen molar-refractivity contribution in [2.24, 2.45) is 0 Å². The van der Waals surface area contributed by atoms with E-state index in [1.807, 2.05) is 0 Å². The van der Waals surface area contributed by atoms with Gasteiger partial charge in [0.1, 0.15) is 0 Å². The van der Waals surface area contributed by atoms with Crippen LogP contribution in [0, 0.1) is 0 Å². The SMILES string of the molecule is CNCc1sc(Cc2c(Cl)cccc2Cl)nc1C(F)(F)F. The average Bonchev–Trinajstić information content (AvgIpc) is 2.77. The molecule has 21 heavy (non-hydrogen) atoms. The zero-order valence-electron chi connectivity index (χ0n) is 10.9. The van der Waals surface area contributed by atoms with Gasteiger partial charge >= 0.3 is 6.18 Å². The number of aromatic nitrogens is 1. The summed E-state index contributed by atoms with van der Waals surface area (Å²) in [6, 6.07) is 4.98. The van der Waals surface area contributed by atoms with Crippen LogP contribution in [0.15, 0.2) is 18.2 Å². The van der Waals surface area contributed by atoms with Crippen molar-refractivity contribution in [2.45, 2.75) is 19.1 Å². The van der Waals surface area contributed by atoms with E-state index >= 15 is 0 Å². The molecule has 0 unspecified atom stereocenters. The zero-order valence-corrected chi connectivity index (χ0v) is 13.2. The minimum absolute atomic E-state index is 0.114. The van der Waals surface area contributed by atoms with E-state index in [9.17, 15) is 13.2 Å². The molecule has 0 saturated heterocycles. The van der Waals surface area contributed by atoms with Crippen LogP contribution in [-0.4, -0.2) is 12.0 Å². The lowest BCUT2D eigenvalue weighted by Crippen LogP contribution is -2.12. The van der Waals surface area contributed by atoms with Crippen molar-refractivity contribution in [2.75, 3.05) is 7.05 Å². The summed E-state index contributed by atoms with van der Waals surface area (Å²) in [5, 5.41) is 3.89. The molecule has 114 valence electrons. The Hall–Kier alpha value is -0.820. The fourth-order valence-electron chi connectivity index (χ4n) is 1.83. The summed E-state index contributed by atoms with van der Waals surface area (Å²) >= 11 is 13.1. The number of thiazole rings is 1. The Kier molecular flexibility index (Phi) is 5.14. The Morgan fingerprint density at radius 2 is 1.86 bits per heavy atom. The quantitative estimate of drug-likeness (QED) is 0.854. The highest BCUT2D eigenvalue weighted by atomic mass is 35.5. The van der Waals surface area contributed by atoms with Crippen LogP contribution in [0.1, 0.15) is 21.1 Å². The molecule has 1 heterocycles. The first-order chi connectivity index (χ1) is 9.82. The molecule has 0 spiro atoms. The van der Waals surface area contributed by atoms with Crippen molar-refractivity contribution in [1.29, 1.82) is 0 Å². The Morgan fingerprint density at radius 3 is 2.38 bits per heavy atom. The number of nitrogens with zero attached hydrogens (tertiary/aromatic N) is 1. The molecule has 0 atom stereocenters. The molecular weight excluding hydrogens is 344 g/mol. The van der Waals surface area contributed by atoms with Crippen molar-refractivity contribution in [3.8, 4) is 0 Å². The number of rotatable bonds is 4. The van der Waals surface area contributed by atoms with Gasteiger partial charge in [-0.2, -0.15) is 13.2 Å². The summed E-state index contributed by atoms with van der Waals surface area (Å²) in [7, 11) is 1.59. The first kappa shape index (κ1) is 16.5. The van der Waals surface area contributed by atoms with Crippen LogP contribution in [-0.2, 0) is 19.1 Å². The molecular formula is C13H11Cl2F3N2S. The molecule has 2 rings (SSSR count). The van der Waals surface area contributed by atoms with E-state index in [1.54, 1.807) is 25.2 Å². The Balaban J connectivity index is 2.37. The van der Waals surface area contributed by atoms with Crippen LogP contribution in [0.5, 0.6) is 0 Å². The van der Waals surface area contributed by atoms with Gasteiger partial charge in [-0.05, 0) is 24.7 Å². The number of halogens is 5. The zero-order chi connectivity index (χ0) is 15.6. The summed E-state index contributed by atoms with van der Waals surface area (Å²) in [5.41, 5.74) is -0.264. The summed E-state index contributed by atoms with van der Waals surface area (Å²) in [5.74, 6) is 0. The lowest BCUT2D eigenvalue weighted by molar-refractivity contribution is -0.141. The van der Waals surface area contributed by atoms with E-state index < -0.39 is 11.9 Å². The van der Waals surface area contributed by atoms with E-state index in [0.717, 1.165) is 11.3 Å². The van der Waals surface area contributed by atoms with Crippen LogP contribution in [0.2, 0.25) is 10.0 Å². The third-order valence-corrected chi connectivity index (χ3v) is 4.50. The monoisotopic (exact) mass is 354 g/mol. The Labute approximate surface area is 133 Å². The molecule has 0 aliphatic carbocycles. The Morgan fingerprint density at radius 1 is 1.24 bits per heavy atom. The summed E-state index contributed by atoms with van der Waals surface area (Å²) in [6.45, 7) is 0.114. The minimum Gasteiger partial charge on any atom is -0.315 e. The largest absolute Gasteiger partial charge is 0.434 e. The third-order valence-electron chi connectivity index (χ3n) is 2.74. The van der Waals surface area contributed by atoms with Crippen LogP contribution in [0.25, 0.3) is 0 Å². The molecule has 0 saturated carbocycles. The standard InChI is InChI=1S/C13H11Cl2F3N2S/c1-19-6-10-12(13(16,17)18)20-11(21-10)5-7-8(14)3-2-4-9(7)15/h2-4,19H,5-6H2,1H3. The molecule has 0 bridgehead atoms.